The number of Topliss-reactive ketones (excluding diaryl/α,β-unsaturated/α-hetero) is 1. The predicted octanol–water partition coefficient (Wildman–Crippen LogP) is 5.92. The third kappa shape index (κ3) is 4.18. The Labute approximate surface area is 157 Å². The number of halogens is 9. The summed E-state index contributed by atoms with van der Waals surface area (Å²) in [6.07, 6.45) is -7.00. The van der Waals surface area contributed by atoms with Crippen molar-refractivity contribution in [2.24, 2.45) is 0 Å². The van der Waals surface area contributed by atoms with E-state index in [0.29, 0.717) is 17.7 Å². The van der Waals surface area contributed by atoms with Crippen molar-refractivity contribution in [1.82, 2.24) is 0 Å². The Morgan fingerprint density at radius 2 is 1.34 bits per heavy atom. The van der Waals surface area contributed by atoms with E-state index < -0.39 is 35.3 Å². The van der Waals surface area contributed by atoms with Gasteiger partial charge in [-0.3, -0.25) is 4.79 Å². The molecule has 0 amide bonds. The van der Waals surface area contributed by atoms with Gasteiger partial charge in [0.25, 0.3) is 0 Å². The van der Waals surface area contributed by atoms with Crippen LogP contribution in [0.1, 0.15) is 15.9 Å². The standard InChI is InChI=1S/C18H11F9O2/c19-15(20,16(21,22)17(23,24)18(25,26)27)14(28)12-7-4-8-13(9-12)29-10-11-5-2-1-3-6-11/h1-9H,10H2. The molecule has 0 unspecified atom stereocenters. The molecule has 2 aromatic rings. The summed E-state index contributed by atoms with van der Waals surface area (Å²) < 4.78 is 122. The third-order valence-corrected chi connectivity index (χ3v) is 3.77. The Hall–Kier alpha value is -2.72. The molecular weight excluding hydrogens is 419 g/mol. The van der Waals surface area contributed by atoms with E-state index in [0.717, 1.165) is 12.1 Å². The van der Waals surface area contributed by atoms with Crippen LogP contribution in [0.5, 0.6) is 5.75 Å². The summed E-state index contributed by atoms with van der Waals surface area (Å²) >= 11 is 0. The van der Waals surface area contributed by atoms with E-state index in [-0.39, 0.29) is 12.4 Å². The Morgan fingerprint density at radius 3 is 1.90 bits per heavy atom. The predicted molar refractivity (Wildman–Crippen MR) is 82.4 cm³/mol. The number of ether oxygens (including phenoxy) is 1. The van der Waals surface area contributed by atoms with Gasteiger partial charge in [0.2, 0.25) is 5.78 Å². The summed E-state index contributed by atoms with van der Waals surface area (Å²) in [6, 6.07) is 11.4. The largest absolute Gasteiger partial charge is 0.489 e. The lowest BCUT2D eigenvalue weighted by atomic mass is 9.95. The van der Waals surface area contributed by atoms with E-state index in [2.05, 4.69) is 0 Å². The topological polar surface area (TPSA) is 26.3 Å². The van der Waals surface area contributed by atoms with Gasteiger partial charge in [-0.1, -0.05) is 42.5 Å². The van der Waals surface area contributed by atoms with Crippen LogP contribution in [0, 0.1) is 0 Å². The summed E-state index contributed by atoms with van der Waals surface area (Å²) in [5, 5.41) is 0. The van der Waals surface area contributed by atoms with Crippen LogP contribution in [0.2, 0.25) is 0 Å². The summed E-state index contributed by atoms with van der Waals surface area (Å²) in [6.45, 7) is -0.114. The minimum Gasteiger partial charge on any atom is -0.489 e. The van der Waals surface area contributed by atoms with Crippen molar-refractivity contribution >= 4 is 5.78 Å². The molecule has 0 bridgehead atoms. The van der Waals surface area contributed by atoms with Crippen molar-refractivity contribution in [3.63, 3.8) is 0 Å². The molecule has 0 aliphatic rings. The maximum Gasteiger partial charge on any atom is 0.460 e. The molecule has 0 fully saturated rings. The molecule has 158 valence electrons. The summed E-state index contributed by atoms with van der Waals surface area (Å²) in [4.78, 5) is 11.7. The summed E-state index contributed by atoms with van der Waals surface area (Å²) in [5.74, 6) is -23.7. The van der Waals surface area contributed by atoms with E-state index in [4.69, 9.17) is 4.74 Å². The molecule has 0 aliphatic heterocycles. The first kappa shape index (κ1) is 22.6. The van der Waals surface area contributed by atoms with Crippen LogP contribution < -0.4 is 4.74 Å². The van der Waals surface area contributed by atoms with Crippen LogP contribution >= 0.6 is 0 Å². The van der Waals surface area contributed by atoms with Gasteiger partial charge in [-0.15, -0.1) is 0 Å². The van der Waals surface area contributed by atoms with Gasteiger partial charge >= 0.3 is 23.9 Å². The lowest BCUT2D eigenvalue weighted by Crippen LogP contribution is -2.63. The number of rotatable bonds is 7. The Kier molecular flexibility index (Phi) is 5.91. The fourth-order valence-electron chi connectivity index (χ4n) is 2.17. The zero-order chi connectivity index (χ0) is 22.1. The van der Waals surface area contributed by atoms with Crippen molar-refractivity contribution in [3.05, 3.63) is 65.7 Å². The summed E-state index contributed by atoms with van der Waals surface area (Å²) in [5.41, 5.74) is -0.607. The fourth-order valence-corrected chi connectivity index (χ4v) is 2.17. The number of carbonyl (C=O) groups excluding carboxylic acids is 1. The molecule has 0 aliphatic carbocycles. The number of alkyl halides is 9. The zero-order valence-electron chi connectivity index (χ0n) is 14.1. The molecule has 0 N–H and O–H groups in total. The monoisotopic (exact) mass is 430 g/mol. The molecule has 0 aromatic heterocycles. The average molecular weight is 430 g/mol. The van der Waals surface area contributed by atoms with Crippen LogP contribution in [0.25, 0.3) is 0 Å². The van der Waals surface area contributed by atoms with Gasteiger partial charge < -0.3 is 4.74 Å². The second kappa shape index (κ2) is 7.60. The maximum absolute atomic E-state index is 13.8. The minimum atomic E-state index is -7.14. The van der Waals surface area contributed by atoms with E-state index in [1.807, 2.05) is 0 Å². The lowest BCUT2D eigenvalue weighted by molar-refractivity contribution is -0.386. The second-order valence-electron chi connectivity index (χ2n) is 5.85. The first-order chi connectivity index (χ1) is 13.2. The Morgan fingerprint density at radius 1 is 0.759 bits per heavy atom. The van der Waals surface area contributed by atoms with Gasteiger partial charge in [-0.25, -0.2) is 0 Å². The molecular formula is C18H11F9O2. The highest BCUT2D eigenvalue weighted by Crippen LogP contribution is 2.53. The molecule has 0 saturated heterocycles. The van der Waals surface area contributed by atoms with Crippen LogP contribution in [0.15, 0.2) is 54.6 Å². The molecule has 2 rings (SSSR count). The number of hydrogen-bond acceptors (Lipinski definition) is 2. The molecule has 0 heterocycles. The Balaban J connectivity index is 2.28. The van der Waals surface area contributed by atoms with E-state index in [1.165, 1.54) is 0 Å². The quantitative estimate of drug-likeness (QED) is 0.403. The van der Waals surface area contributed by atoms with Gasteiger partial charge in [0.15, 0.2) is 0 Å². The van der Waals surface area contributed by atoms with Gasteiger partial charge in [0, 0.05) is 5.56 Å². The SMILES string of the molecule is O=C(c1cccc(OCc2ccccc2)c1)C(F)(F)C(F)(F)C(F)(F)C(F)(F)F. The molecule has 29 heavy (non-hydrogen) atoms. The molecule has 0 saturated carbocycles. The summed E-state index contributed by atoms with van der Waals surface area (Å²) in [7, 11) is 0. The molecule has 0 radical (unpaired) electrons. The maximum atomic E-state index is 13.8. The first-order valence-corrected chi connectivity index (χ1v) is 7.73. The van der Waals surface area contributed by atoms with Gasteiger partial charge in [-0.05, 0) is 17.7 Å². The highest BCUT2D eigenvalue weighted by Gasteiger charge is 2.83. The molecule has 2 aromatic carbocycles. The third-order valence-electron chi connectivity index (χ3n) is 3.77. The minimum absolute atomic E-state index is 0.114. The van der Waals surface area contributed by atoms with Crippen molar-refractivity contribution in [1.29, 1.82) is 0 Å². The number of hydrogen-bond donors (Lipinski definition) is 0. The highest BCUT2D eigenvalue weighted by molar-refractivity contribution is 6.02. The Bertz CT molecular complexity index is 861. The van der Waals surface area contributed by atoms with Gasteiger partial charge in [0.05, 0.1) is 0 Å². The van der Waals surface area contributed by atoms with Crippen molar-refractivity contribution in [2.45, 2.75) is 30.6 Å². The smallest absolute Gasteiger partial charge is 0.460 e. The number of carbonyl (C=O) groups is 1. The van der Waals surface area contributed by atoms with E-state index in [1.54, 1.807) is 30.3 Å². The molecule has 0 spiro atoms. The van der Waals surface area contributed by atoms with Crippen molar-refractivity contribution < 1.29 is 49.0 Å². The van der Waals surface area contributed by atoms with Crippen molar-refractivity contribution in [3.8, 4) is 5.75 Å². The number of benzene rings is 2. The van der Waals surface area contributed by atoms with Crippen LogP contribution in [0.4, 0.5) is 39.5 Å². The van der Waals surface area contributed by atoms with Crippen LogP contribution in [0.3, 0.4) is 0 Å². The lowest BCUT2D eigenvalue weighted by Gasteiger charge is -2.32. The van der Waals surface area contributed by atoms with Crippen LogP contribution in [-0.4, -0.2) is 29.7 Å². The average Bonchev–Trinajstić information content (AvgIpc) is 2.65. The van der Waals surface area contributed by atoms with E-state index in [9.17, 15) is 44.3 Å². The van der Waals surface area contributed by atoms with Gasteiger partial charge in [0.1, 0.15) is 12.4 Å². The van der Waals surface area contributed by atoms with Crippen molar-refractivity contribution in [2.75, 3.05) is 0 Å². The number of ketones is 1. The molecule has 0 atom stereocenters. The molecule has 11 heteroatoms. The normalized spacial score (nSPS) is 13.3. The molecule has 2 nitrogen and oxygen atoms in total. The zero-order valence-corrected chi connectivity index (χ0v) is 14.1. The first-order valence-electron chi connectivity index (χ1n) is 7.73. The second-order valence-corrected chi connectivity index (χ2v) is 5.85. The van der Waals surface area contributed by atoms with Gasteiger partial charge in [-0.2, -0.15) is 39.5 Å². The highest BCUT2D eigenvalue weighted by atomic mass is 19.4. The van der Waals surface area contributed by atoms with E-state index >= 15 is 0 Å². The van der Waals surface area contributed by atoms with Crippen LogP contribution in [-0.2, 0) is 6.61 Å². The fraction of sp³-hybridized carbons (Fsp3) is 0.278.